The number of aromatic nitrogens is 1. The summed E-state index contributed by atoms with van der Waals surface area (Å²) in [6.45, 7) is -0.270. The number of rotatable bonds is 2. The molecule has 14 heavy (non-hydrogen) atoms. The molecule has 0 saturated heterocycles. The summed E-state index contributed by atoms with van der Waals surface area (Å²) in [6, 6.07) is 7.03. The van der Waals surface area contributed by atoms with Crippen molar-refractivity contribution in [1.29, 1.82) is 0 Å². The molecule has 0 amide bonds. The topological polar surface area (TPSA) is 30.9 Å². The standard InChI is InChI=1S/C10H10F2N2/c11-10(12)6-14-4-3-7-5-8(13)1-2-9(7)14/h1-5,10H,6,13H2. The van der Waals surface area contributed by atoms with E-state index < -0.39 is 6.43 Å². The molecule has 74 valence electrons. The van der Waals surface area contributed by atoms with Crippen LogP contribution in [-0.2, 0) is 6.54 Å². The monoisotopic (exact) mass is 196 g/mol. The summed E-state index contributed by atoms with van der Waals surface area (Å²) in [4.78, 5) is 0. The molecule has 2 nitrogen and oxygen atoms in total. The molecule has 0 aliphatic rings. The fourth-order valence-corrected chi connectivity index (χ4v) is 1.53. The first-order valence-electron chi connectivity index (χ1n) is 4.29. The lowest BCUT2D eigenvalue weighted by atomic mass is 10.2. The third-order valence-corrected chi connectivity index (χ3v) is 2.13. The number of anilines is 1. The van der Waals surface area contributed by atoms with Gasteiger partial charge in [-0.2, -0.15) is 0 Å². The Hall–Kier alpha value is -1.58. The van der Waals surface area contributed by atoms with Crippen LogP contribution in [0.25, 0.3) is 10.9 Å². The van der Waals surface area contributed by atoms with Crippen LogP contribution < -0.4 is 5.73 Å². The van der Waals surface area contributed by atoms with Crippen LogP contribution in [0, 0.1) is 0 Å². The molecule has 2 rings (SSSR count). The Morgan fingerprint density at radius 1 is 1.29 bits per heavy atom. The second kappa shape index (κ2) is 3.29. The quantitative estimate of drug-likeness (QED) is 0.735. The number of fused-ring (bicyclic) bond motifs is 1. The van der Waals surface area contributed by atoms with Crippen molar-refractivity contribution >= 4 is 16.6 Å². The van der Waals surface area contributed by atoms with Gasteiger partial charge in [0.1, 0.15) is 0 Å². The molecule has 0 atom stereocenters. The largest absolute Gasteiger partial charge is 0.399 e. The van der Waals surface area contributed by atoms with Crippen LogP contribution in [0.5, 0.6) is 0 Å². The van der Waals surface area contributed by atoms with Gasteiger partial charge >= 0.3 is 0 Å². The van der Waals surface area contributed by atoms with E-state index in [1.165, 1.54) is 4.57 Å². The number of benzene rings is 1. The zero-order valence-corrected chi connectivity index (χ0v) is 7.45. The number of hydrogen-bond donors (Lipinski definition) is 1. The van der Waals surface area contributed by atoms with E-state index in [0.717, 1.165) is 10.9 Å². The van der Waals surface area contributed by atoms with Gasteiger partial charge in [0.2, 0.25) is 0 Å². The van der Waals surface area contributed by atoms with Crippen molar-refractivity contribution < 1.29 is 8.78 Å². The highest BCUT2D eigenvalue weighted by molar-refractivity contribution is 5.83. The van der Waals surface area contributed by atoms with E-state index in [1.54, 1.807) is 30.5 Å². The van der Waals surface area contributed by atoms with Crippen LogP contribution in [0.4, 0.5) is 14.5 Å². The van der Waals surface area contributed by atoms with Crippen LogP contribution in [0.3, 0.4) is 0 Å². The summed E-state index contributed by atoms with van der Waals surface area (Å²) in [5.74, 6) is 0. The zero-order valence-electron chi connectivity index (χ0n) is 7.45. The van der Waals surface area contributed by atoms with Crippen LogP contribution >= 0.6 is 0 Å². The maximum absolute atomic E-state index is 12.2. The summed E-state index contributed by atoms with van der Waals surface area (Å²) >= 11 is 0. The van der Waals surface area contributed by atoms with Gasteiger partial charge in [0, 0.05) is 22.8 Å². The van der Waals surface area contributed by atoms with Crippen molar-refractivity contribution in [2.75, 3.05) is 5.73 Å². The van der Waals surface area contributed by atoms with Gasteiger partial charge in [0.15, 0.2) is 0 Å². The molecule has 4 heteroatoms. The number of hydrogen-bond acceptors (Lipinski definition) is 1. The van der Waals surface area contributed by atoms with E-state index in [2.05, 4.69) is 0 Å². The molecule has 0 saturated carbocycles. The molecule has 2 aromatic rings. The normalized spacial score (nSPS) is 11.4. The van der Waals surface area contributed by atoms with Crippen molar-refractivity contribution in [1.82, 2.24) is 4.57 Å². The Morgan fingerprint density at radius 3 is 2.79 bits per heavy atom. The SMILES string of the molecule is Nc1ccc2c(ccn2CC(F)F)c1. The smallest absolute Gasteiger partial charge is 0.256 e. The molecule has 2 N–H and O–H groups in total. The number of alkyl halides is 2. The van der Waals surface area contributed by atoms with E-state index in [0.29, 0.717) is 5.69 Å². The van der Waals surface area contributed by atoms with Gasteiger partial charge in [0.05, 0.1) is 6.54 Å². The third kappa shape index (κ3) is 1.55. The average molecular weight is 196 g/mol. The van der Waals surface area contributed by atoms with Gasteiger partial charge in [-0.25, -0.2) is 8.78 Å². The summed E-state index contributed by atoms with van der Waals surface area (Å²) in [6.07, 6.45) is -0.681. The van der Waals surface area contributed by atoms with Crippen molar-refractivity contribution in [2.24, 2.45) is 0 Å². The first kappa shape index (κ1) is 8.99. The molecule has 1 heterocycles. The van der Waals surface area contributed by atoms with E-state index in [9.17, 15) is 8.78 Å². The highest BCUT2D eigenvalue weighted by atomic mass is 19.3. The Labute approximate surface area is 79.9 Å². The highest BCUT2D eigenvalue weighted by Gasteiger charge is 2.06. The zero-order chi connectivity index (χ0) is 10.1. The highest BCUT2D eigenvalue weighted by Crippen LogP contribution is 2.19. The first-order chi connectivity index (χ1) is 6.66. The molecule has 0 unspecified atom stereocenters. The van der Waals surface area contributed by atoms with Gasteiger partial charge in [-0.3, -0.25) is 0 Å². The van der Waals surface area contributed by atoms with Gasteiger partial charge in [-0.15, -0.1) is 0 Å². The molecule has 0 spiro atoms. The second-order valence-corrected chi connectivity index (χ2v) is 3.18. The Morgan fingerprint density at radius 2 is 2.07 bits per heavy atom. The Balaban J connectivity index is 2.47. The van der Waals surface area contributed by atoms with Gasteiger partial charge in [-0.05, 0) is 24.3 Å². The van der Waals surface area contributed by atoms with Crippen molar-refractivity contribution in [3.05, 3.63) is 30.5 Å². The fourth-order valence-electron chi connectivity index (χ4n) is 1.53. The van der Waals surface area contributed by atoms with Crippen molar-refractivity contribution in [3.8, 4) is 0 Å². The predicted molar refractivity (Wildman–Crippen MR) is 52.4 cm³/mol. The van der Waals surface area contributed by atoms with Gasteiger partial charge in [-0.1, -0.05) is 0 Å². The van der Waals surface area contributed by atoms with Gasteiger partial charge < -0.3 is 10.3 Å². The summed E-state index contributed by atoms with van der Waals surface area (Å²) < 4.78 is 25.8. The lowest BCUT2D eigenvalue weighted by Crippen LogP contribution is -2.04. The van der Waals surface area contributed by atoms with E-state index in [4.69, 9.17) is 5.73 Å². The molecule has 0 aliphatic carbocycles. The minimum absolute atomic E-state index is 0.270. The summed E-state index contributed by atoms with van der Waals surface area (Å²) in [7, 11) is 0. The Kier molecular flexibility index (Phi) is 2.11. The van der Waals surface area contributed by atoms with Crippen molar-refractivity contribution in [2.45, 2.75) is 13.0 Å². The Bertz CT molecular complexity index is 448. The molecule has 0 radical (unpaired) electrons. The van der Waals surface area contributed by atoms with Crippen LogP contribution in [0.15, 0.2) is 30.5 Å². The number of nitrogens with zero attached hydrogens (tertiary/aromatic N) is 1. The number of nitrogens with two attached hydrogens (primary N) is 1. The van der Waals surface area contributed by atoms with Crippen molar-refractivity contribution in [3.63, 3.8) is 0 Å². The van der Waals surface area contributed by atoms with Crippen LogP contribution in [0.2, 0.25) is 0 Å². The minimum atomic E-state index is -2.33. The number of nitrogen functional groups attached to an aromatic ring is 1. The second-order valence-electron chi connectivity index (χ2n) is 3.18. The minimum Gasteiger partial charge on any atom is -0.399 e. The maximum Gasteiger partial charge on any atom is 0.256 e. The van der Waals surface area contributed by atoms with Crippen LogP contribution in [-0.4, -0.2) is 11.0 Å². The molecule has 0 fully saturated rings. The molecular formula is C10H10F2N2. The van der Waals surface area contributed by atoms with E-state index >= 15 is 0 Å². The first-order valence-corrected chi connectivity index (χ1v) is 4.29. The third-order valence-electron chi connectivity index (χ3n) is 2.13. The molecule has 0 aliphatic heterocycles. The number of halogens is 2. The maximum atomic E-state index is 12.2. The van der Waals surface area contributed by atoms with E-state index in [1.807, 2.05) is 0 Å². The predicted octanol–water partition coefficient (Wildman–Crippen LogP) is 2.49. The lowest BCUT2D eigenvalue weighted by molar-refractivity contribution is 0.128. The summed E-state index contributed by atoms with van der Waals surface area (Å²) in [5, 5.41) is 0.894. The average Bonchev–Trinajstić information content (AvgIpc) is 2.47. The lowest BCUT2D eigenvalue weighted by Gasteiger charge is -2.03. The summed E-state index contributed by atoms with van der Waals surface area (Å²) in [5.41, 5.74) is 7.01. The molecule has 1 aromatic heterocycles. The van der Waals surface area contributed by atoms with Crippen LogP contribution in [0.1, 0.15) is 0 Å². The molecule has 0 bridgehead atoms. The van der Waals surface area contributed by atoms with Gasteiger partial charge in [0.25, 0.3) is 6.43 Å². The molecular weight excluding hydrogens is 186 g/mol. The van der Waals surface area contributed by atoms with E-state index in [-0.39, 0.29) is 6.54 Å². The fraction of sp³-hybridized carbons (Fsp3) is 0.200. The molecule has 1 aromatic carbocycles.